The molecule has 3 heteroatoms. The molecule has 1 aliphatic rings. The fraction of sp³-hybridized carbons (Fsp3) is 1.00. The second-order valence-electron chi connectivity index (χ2n) is 6.34. The highest BCUT2D eigenvalue weighted by Crippen LogP contribution is 2.23. The normalized spacial score (nSPS) is 24.3. The predicted octanol–water partition coefficient (Wildman–Crippen LogP) is 2.95. The van der Waals surface area contributed by atoms with Crippen LogP contribution in [0.1, 0.15) is 59.3 Å². The Balaban J connectivity index is 2.30. The van der Waals surface area contributed by atoms with Crippen molar-refractivity contribution < 1.29 is 0 Å². The molecule has 1 saturated carbocycles. The van der Waals surface area contributed by atoms with Crippen molar-refractivity contribution in [3.63, 3.8) is 0 Å². The van der Waals surface area contributed by atoms with Gasteiger partial charge in [0.25, 0.3) is 0 Å². The molecule has 0 aromatic carbocycles. The van der Waals surface area contributed by atoms with Gasteiger partial charge in [0.1, 0.15) is 0 Å². The number of nitrogens with zero attached hydrogens (tertiary/aromatic N) is 2. The highest BCUT2D eigenvalue weighted by atomic mass is 15.1. The maximum atomic E-state index is 6.37. The van der Waals surface area contributed by atoms with Gasteiger partial charge >= 0.3 is 0 Å². The van der Waals surface area contributed by atoms with E-state index in [2.05, 4.69) is 30.6 Å². The van der Waals surface area contributed by atoms with Crippen molar-refractivity contribution in [1.82, 2.24) is 9.80 Å². The molecule has 1 fully saturated rings. The maximum Gasteiger partial charge on any atom is 0.00793 e. The maximum absolute atomic E-state index is 6.37. The van der Waals surface area contributed by atoms with E-state index in [1.165, 1.54) is 77.8 Å². The van der Waals surface area contributed by atoms with Crippen molar-refractivity contribution in [1.29, 1.82) is 0 Å². The molecule has 1 rings (SSSR count). The zero-order valence-corrected chi connectivity index (χ0v) is 14.1. The van der Waals surface area contributed by atoms with Gasteiger partial charge in [-0.1, -0.05) is 40.0 Å². The zero-order chi connectivity index (χ0) is 14.8. The molecular weight excluding hydrogens is 246 g/mol. The van der Waals surface area contributed by atoms with E-state index in [1.54, 1.807) is 0 Å². The monoisotopic (exact) mass is 283 g/mol. The Hall–Kier alpha value is -0.120. The standard InChI is InChI=1S/C17H37N3/c1-4-19(5-2)13-10-14-20(6-3)15-16-11-8-7-9-12-17(16)18/h16-17H,4-15,18H2,1-3H3. The Morgan fingerprint density at radius 1 is 0.850 bits per heavy atom. The molecule has 0 bridgehead atoms. The lowest BCUT2D eigenvalue weighted by Gasteiger charge is -2.29. The van der Waals surface area contributed by atoms with Crippen LogP contribution in [-0.2, 0) is 0 Å². The van der Waals surface area contributed by atoms with Gasteiger partial charge in [-0.3, -0.25) is 0 Å². The molecule has 0 saturated heterocycles. The lowest BCUT2D eigenvalue weighted by Crippen LogP contribution is -2.40. The second kappa shape index (κ2) is 10.6. The topological polar surface area (TPSA) is 32.5 Å². The van der Waals surface area contributed by atoms with Crippen LogP contribution in [0.2, 0.25) is 0 Å². The number of hydrogen-bond acceptors (Lipinski definition) is 3. The molecule has 1 aliphatic carbocycles. The van der Waals surface area contributed by atoms with E-state index in [4.69, 9.17) is 5.73 Å². The van der Waals surface area contributed by atoms with Gasteiger partial charge in [0, 0.05) is 12.6 Å². The first-order chi connectivity index (χ1) is 9.71. The van der Waals surface area contributed by atoms with Crippen LogP contribution in [0.25, 0.3) is 0 Å². The minimum Gasteiger partial charge on any atom is -0.327 e. The molecule has 2 unspecified atom stereocenters. The molecule has 0 heterocycles. The number of rotatable bonds is 9. The first-order valence-electron chi connectivity index (χ1n) is 8.91. The number of nitrogens with two attached hydrogens (primary N) is 1. The second-order valence-corrected chi connectivity index (χ2v) is 6.34. The van der Waals surface area contributed by atoms with Crippen LogP contribution in [0, 0.1) is 5.92 Å². The highest BCUT2D eigenvalue weighted by Gasteiger charge is 2.22. The van der Waals surface area contributed by atoms with Crippen LogP contribution in [0.4, 0.5) is 0 Å². The van der Waals surface area contributed by atoms with E-state index in [-0.39, 0.29) is 0 Å². The smallest absolute Gasteiger partial charge is 0.00793 e. The quantitative estimate of drug-likeness (QED) is 0.660. The van der Waals surface area contributed by atoms with E-state index in [9.17, 15) is 0 Å². The lowest BCUT2D eigenvalue weighted by molar-refractivity contribution is 0.199. The Kier molecular flexibility index (Phi) is 9.49. The Morgan fingerprint density at radius 3 is 2.10 bits per heavy atom. The lowest BCUT2D eigenvalue weighted by atomic mass is 9.95. The fourth-order valence-corrected chi connectivity index (χ4v) is 3.41. The third kappa shape index (κ3) is 6.55. The van der Waals surface area contributed by atoms with Crippen LogP contribution in [0.5, 0.6) is 0 Å². The third-order valence-corrected chi connectivity index (χ3v) is 5.00. The molecule has 0 aromatic heterocycles. The minimum atomic E-state index is 0.439. The van der Waals surface area contributed by atoms with E-state index >= 15 is 0 Å². The average molecular weight is 284 g/mol. The molecule has 20 heavy (non-hydrogen) atoms. The molecule has 2 atom stereocenters. The summed E-state index contributed by atoms with van der Waals surface area (Å²) in [5.41, 5.74) is 6.37. The van der Waals surface area contributed by atoms with Gasteiger partial charge in [0.2, 0.25) is 0 Å². The van der Waals surface area contributed by atoms with Gasteiger partial charge in [-0.2, -0.15) is 0 Å². The van der Waals surface area contributed by atoms with Crippen molar-refractivity contribution in [2.45, 2.75) is 65.3 Å². The SMILES string of the molecule is CCN(CC)CCCN(CC)CC1CCCCCC1N. The number of hydrogen-bond donors (Lipinski definition) is 1. The minimum absolute atomic E-state index is 0.439. The van der Waals surface area contributed by atoms with Crippen molar-refractivity contribution in [3.8, 4) is 0 Å². The average Bonchev–Trinajstić information content (AvgIpc) is 2.67. The molecule has 0 radical (unpaired) electrons. The first-order valence-corrected chi connectivity index (χ1v) is 8.91. The predicted molar refractivity (Wildman–Crippen MR) is 89.1 cm³/mol. The van der Waals surface area contributed by atoms with Crippen molar-refractivity contribution in [2.24, 2.45) is 11.7 Å². The highest BCUT2D eigenvalue weighted by molar-refractivity contribution is 4.79. The molecule has 3 nitrogen and oxygen atoms in total. The summed E-state index contributed by atoms with van der Waals surface area (Å²) in [5.74, 6) is 0.728. The van der Waals surface area contributed by atoms with Crippen LogP contribution >= 0.6 is 0 Å². The Morgan fingerprint density at radius 2 is 1.45 bits per heavy atom. The van der Waals surface area contributed by atoms with Gasteiger partial charge in [0.15, 0.2) is 0 Å². The fourth-order valence-electron chi connectivity index (χ4n) is 3.41. The first kappa shape index (κ1) is 17.9. The molecule has 0 aromatic rings. The molecular formula is C17H37N3. The summed E-state index contributed by atoms with van der Waals surface area (Å²) in [4.78, 5) is 5.14. The third-order valence-electron chi connectivity index (χ3n) is 5.00. The summed E-state index contributed by atoms with van der Waals surface area (Å²) in [6.07, 6.45) is 7.98. The molecule has 0 aliphatic heterocycles. The van der Waals surface area contributed by atoms with Gasteiger partial charge in [-0.25, -0.2) is 0 Å². The zero-order valence-electron chi connectivity index (χ0n) is 14.1. The summed E-state index contributed by atoms with van der Waals surface area (Å²) in [5, 5.41) is 0. The Labute approximate surface area is 126 Å². The molecule has 0 spiro atoms. The van der Waals surface area contributed by atoms with Crippen LogP contribution in [0.15, 0.2) is 0 Å². The van der Waals surface area contributed by atoms with Crippen molar-refractivity contribution in [3.05, 3.63) is 0 Å². The van der Waals surface area contributed by atoms with E-state index in [0.717, 1.165) is 5.92 Å². The van der Waals surface area contributed by atoms with E-state index < -0.39 is 0 Å². The summed E-state index contributed by atoms with van der Waals surface area (Å²) >= 11 is 0. The largest absolute Gasteiger partial charge is 0.327 e. The summed E-state index contributed by atoms with van der Waals surface area (Å²) in [6, 6.07) is 0.439. The molecule has 0 amide bonds. The van der Waals surface area contributed by atoms with Gasteiger partial charge in [0.05, 0.1) is 0 Å². The van der Waals surface area contributed by atoms with Crippen molar-refractivity contribution >= 4 is 0 Å². The summed E-state index contributed by atoms with van der Waals surface area (Å²) in [6.45, 7) is 14.0. The van der Waals surface area contributed by atoms with Crippen LogP contribution in [0.3, 0.4) is 0 Å². The van der Waals surface area contributed by atoms with Gasteiger partial charge in [-0.05, 0) is 57.9 Å². The summed E-state index contributed by atoms with van der Waals surface area (Å²) in [7, 11) is 0. The van der Waals surface area contributed by atoms with E-state index in [0.29, 0.717) is 6.04 Å². The van der Waals surface area contributed by atoms with Gasteiger partial charge < -0.3 is 15.5 Å². The van der Waals surface area contributed by atoms with Crippen LogP contribution < -0.4 is 5.73 Å². The Bertz CT molecular complexity index is 228. The van der Waals surface area contributed by atoms with Crippen LogP contribution in [-0.4, -0.2) is 55.1 Å². The summed E-state index contributed by atoms with van der Waals surface area (Å²) < 4.78 is 0. The van der Waals surface area contributed by atoms with Gasteiger partial charge in [-0.15, -0.1) is 0 Å². The van der Waals surface area contributed by atoms with Crippen molar-refractivity contribution in [2.75, 3.05) is 39.3 Å². The molecule has 2 N–H and O–H groups in total. The molecule has 120 valence electrons. The van der Waals surface area contributed by atoms with E-state index in [1.807, 2.05) is 0 Å².